The van der Waals surface area contributed by atoms with E-state index in [4.69, 9.17) is 8.22 Å². The smallest absolute Gasteiger partial charge is 0.0652 e. The lowest BCUT2D eigenvalue weighted by atomic mass is 9.93. The summed E-state index contributed by atoms with van der Waals surface area (Å²) in [4.78, 5) is 1.60. The van der Waals surface area contributed by atoms with E-state index in [-0.39, 0.29) is 45.5 Å². The Labute approximate surface area is 355 Å². The fourth-order valence-corrected chi connectivity index (χ4v) is 6.34. The van der Waals surface area contributed by atoms with Gasteiger partial charge in [0, 0.05) is 33.5 Å². The molecule has 0 spiro atoms. The van der Waals surface area contributed by atoms with Crippen LogP contribution in [0.1, 0.15) is 106 Å². The van der Waals surface area contributed by atoms with E-state index < -0.39 is 211 Å². The molecule has 0 unspecified atom stereocenters. The second-order valence-electron chi connectivity index (χ2n) is 13.6. The van der Waals surface area contributed by atoms with Crippen LogP contribution in [0.15, 0.2) is 145 Å². The fourth-order valence-electron chi connectivity index (χ4n) is 6.34. The van der Waals surface area contributed by atoms with Crippen molar-refractivity contribution in [1.29, 1.82) is 0 Å². The summed E-state index contributed by atoms with van der Waals surface area (Å²) < 4.78 is 227. The average Bonchev–Trinajstić information content (AvgIpc) is 3.56. The summed E-state index contributed by atoms with van der Waals surface area (Å²) in [6.45, 7) is 12.0. The summed E-state index contributed by atoms with van der Waals surface area (Å²) in [5.41, 5.74) is -4.53. The first kappa shape index (κ1) is 17.1. The van der Waals surface area contributed by atoms with Crippen LogP contribution in [-0.2, 0) is 0 Å². The lowest BCUT2D eigenvalue weighted by molar-refractivity contribution is 0.866. The molecule has 2 heteroatoms. The topological polar surface area (TPSA) is 6.48 Å². The zero-order valence-electron chi connectivity index (χ0n) is 55.0. The molecule has 0 aromatic heterocycles. The Morgan fingerprint density at radius 3 is 0.981 bits per heavy atom. The Kier molecular flexibility index (Phi) is 4.48. The van der Waals surface area contributed by atoms with Gasteiger partial charge in [-0.3, -0.25) is 0 Å². The van der Waals surface area contributed by atoms with E-state index in [9.17, 15) is 24.7 Å². The SMILES string of the molecule is [2H]c1c(C)c([2H])c(N(c2c([2H])c([2H])c(C(C)C)c([2H])c2[2H])c2c([2H])c3c4c([2H])c([2H])c([2H])c([2H])c4c(N(c4c([2H])c([2H])c(C(C)C)c([2H])c4[2H])c4c([2H])c(C)c([2H])c(C)c4[2H])c([2H])c3c3c([2H])c([2H])c([2H])c([2H])c23)c([2H])c1C. The quantitative estimate of drug-likeness (QED) is 0.144. The van der Waals surface area contributed by atoms with Crippen molar-refractivity contribution < 1.29 is 32.9 Å². The summed E-state index contributed by atoms with van der Waals surface area (Å²) in [7, 11) is 0. The van der Waals surface area contributed by atoms with Crippen molar-refractivity contribution >= 4 is 66.4 Å². The highest BCUT2D eigenvalue weighted by molar-refractivity contribution is 6.24. The van der Waals surface area contributed by atoms with Crippen LogP contribution < -0.4 is 9.80 Å². The molecule has 0 amide bonds. The maximum atomic E-state index is 10.5. The molecule has 0 N–H and O–H groups in total. The largest absolute Gasteiger partial charge is 0.310 e. The van der Waals surface area contributed by atoms with Gasteiger partial charge in [0.05, 0.1) is 44.3 Å². The Balaban J connectivity index is 1.82. The first-order chi connectivity index (χ1) is 36.1. The van der Waals surface area contributed by atoms with Crippen LogP contribution in [0, 0.1) is 27.7 Å². The highest BCUT2D eigenvalue weighted by atomic mass is 15.2. The van der Waals surface area contributed by atoms with E-state index in [2.05, 4.69) is 0 Å². The number of hydrogen-bond acceptors (Lipinski definition) is 2. The molecule has 8 rings (SSSR count). The summed E-state index contributed by atoms with van der Waals surface area (Å²) in [6.07, 6.45) is 0. The molecule has 0 atom stereocenters. The molecule has 0 radical (unpaired) electrons. The van der Waals surface area contributed by atoms with Crippen LogP contribution in [-0.4, -0.2) is 0 Å². The van der Waals surface area contributed by atoms with E-state index >= 15 is 0 Å². The second-order valence-corrected chi connectivity index (χ2v) is 13.6. The van der Waals surface area contributed by atoms with Gasteiger partial charge in [-0.25, -0.2) is 0 Å². The first-order valence-corrected chi connectivity index (χ1v) is 17.5. The molecular weight excluding hydrogens is 653 g/mol. The lowest BCUT2D eigenvalue weighted by Crippen LogP contribution is -2.12. The lowest BCUT2D eigenvalue weighted by Gasteiger charge is -2.30. The van der Waals surface area contributed by atoms with Gasteiger partial charge in [0.15, 0.2) is 0 Å². The van der Waals surface area contributed by atoms with Gasteiger partial charge < -0.3 is 9.80 Å². The Hall–Kier alpha value is -5.86. The minimum Gasteiger partial charge on any atom is -0.310 e. The van der Waals surface area contributed by atoms with Gasteiger partial charge in [0.2, 0.25) is 0 Å². The number of fused-ring (bicyclic) bond motifs is 5. The zero-order valence-corrected chi connectivity index (χ0v) is 31.0. The second kappa shape index (κ2) is 14.2. The third-order valence-electron chi connectivity index (χ3n) is 8.82. The van der Waals surface area contributed by atoms with E-state index in [0.717, 1.165) is 9.80 Å². The van der Waals surface area contributed by atoms with Gasteiger partial charge >= 0.3 is 0 Å². The molecular formula is C52H50N2. The third kappa shape index (κ3) is 6.51. The third-order valence-corrected chi connectivity index (χ3v) is 8.82. The monoisotopic (exact) mass is 727 g/mol. The summed E-state index contributed by atoms with van der Waals surface area (Å²) in [5, 5.41) is -4.08. The molecule has 0 aliphatic carbocycles. The van der Waals surface area contributed by atoms with E-state index in [1.165, 1.54) is 27.7 Å². The standard InChI is InChI=1S/C52H50N2/c1-33(2)39-17-21-41(22-18-39)53(43-27-35(5)25-36(6)28-43)51-31-49-46-14-10-12-16-48(46)52(32-50(49)45-13-9-11-15-47(45)51)54(44-29-37(7)26-38(8)30-44)42-23-19-40(20-24-42)34(3)4/h9-34H,1-8H3/i9D,10D,11D,12D,13D,14D,15D,16D,17D,18D,19D,20D,21D,22D,23D,24D,25D,26D,27D,28D,29D,30D,31D,32D. The number of hydrogen-bond donors (Lipinski definition) is 0. The number of anilines is 6. The maximum absolute atomic E-state index is 10.5. The molecule has 0 fully saturated rings. The van der Waals surface area contributed by atoms with Crippen LogP contribution in [0.3, 0.4) is 0 Å². The highest BCUT2D eigenvalue weighted by Crippen LogP contribution is 2.48. The van der Waals surface area contributed by atoms with Gasteiger partial charge in [-0.1, -0.05) is 112 Å². The fraction of sp³-hybridized carbons (Fsp3) is 0.192. The van der Waals surface area contributed by atoms with Crippen LogP contribution in [0.2, 0.25) is 0 Å². The van der Waals surface area contributed by atoms with Crippen molar-refractivity contribution in [2.45, 2.75) is 67.2 Å². The molecule has 2 nitrogen and oxygen atoms in total. The average molecular weight is 727 g/mol. The molecule has 0 saturated heterocycles. The summed E-state index contributed by atoms with van der Waals surface area (Å²) >= 11 is 0. The Bertz CT molecular complexity index is 3660. The van der Waals surface area contributed by atoms with Crippen LogP contribution in [0.4, 0.5) is 34.1 Å². The van der Waals surface area contributed by atoms with E-state index in [0.29, 0.717) is 0 Å². The van der Waals surface area contributed by atoms with Crippen LogP contribution in [0.25, 0.3) is 32.3 Å². The van der Waals surface area contributed by atoms with Crippen LogP contribution in [0.5, 0.6) is 0 Å². The number of rotatable bonds is 8. The number of benzene rings is 8. The predicted molar refractivity (Wildman–Crippen MR) is 235 cm³/mol. The van der Waals surface area contributed by atoms with Crippen molar-refractivity contribution in [3.63, 3.8) is 0 Å². The molecule has 54 heavy (non-hydrogen) atoms. The van der Waals surface area contributed by atoms with Crippen molar-refractivity contribution in [2.75, 3.05) is 9.80 Å². The zero-order chi connectivity index (χ0) is 58.6. The van der Waals surface area contributed by atoms with Gasteiger partial charge in [-0.2, -0.15) is 0 Å². The highest BCUT2D eigenvalue weighted by Gasteiger charge is 2.23. The van der Waals surface area contributed by atoms with Crippen LogP contribution >= 0.6 is 0 Å². The van der Waals surface area contributed by atoms with E-state index in [1.807, 2.05) is 0 Å². The van der Waals surface area contributed by atoms with Gasteiger partial charge in [-0.15, -0.1) is 0 Å². The molecule has 268 valence electrons. The summed E-state index contributed by atoms with van der Waals surface area (Å²) in [5.74, 6) is -1.22. The molecule has 8 aromatic carbocycles. The molecule has 0 aliphatic rings. The molecule has 0 heterocycles. The van der Waals surface area contributed by atoms with Crippen molar-refractivity contribution in [2.24, 2.45) is 0 Å². The van der Waals surface area contributed by atoms with Crippen molar-refractivity contribution in [3.05, 3.63) is 178 Å². The minimum atomic E-state index is -0.962. The van der Waals surface area contributed by atoms with Gasteiger partial charge in [0.1, 0.15) is 0 Å². The normalized spacial score (nSPS) is 17.9. The van der Waals surface area contributed by atoms with Crippen molar-refractivity contribution in [3.8, 4) is 0 Å². The van der Waals surface area contributed by atoms with Crippen molar-refractivity contribution in [1.82, 2.24) is 0 Å². The van der Waals surface area contributed by atoms with Gasteiger partial charge in [-0.05, 0) is 155 Å². The summed E-state index contributed by atoms with van der Waals surface area (Å²) in [6, 6.07) is -18.0. The Morgan fingerprint density at radius 1 is 0.352 bits per heavy atom. The Morgan fingerprint density at radius 2 is 0.667 bits per heavy atom. The van der Waals surface area contributed by atoms with E-state index in [1.54, 1.807) is 27.7 Å². The molecule has 0 aliphatic heterocycles. The molecule has 0 saturated carbocycles. The molecule has 8 aromatic rings. The number of nitrogens with zero attached hydrogens (tertiary/aromatic N) is 2. The minimum absolute atomic E-state index is 0.0518. The molecule has 0 bridgehead atoms. The predicted octanol–water partition coefficient (Wildman–Crippen LogP) is 15.6. The van der Waals surface area contributed by atoms with Gasteiger partial charge in [0.25, 0.3) is 0 Å². The maximum Gasteiger partial charge on any atom is 0.0652 e. The first-order valence-electron chi connectivity index (χ1n) is 29.5.